The minimum Gasteiger partial charge on any atom is -0.507 e. The van der Waals surface area contributed by atoms with Gasteiger partial charge in [0.2, 0.25) is 0 Å². The van der Waals surface area contributed by atoms with Crippen molar-refractivity contribution in [3.63, 3.8) is 0 Å². The summed E-state index contributed by atoms with van der Waals surface area (Å²) in [7, 11) is 3.23. The third-order valence-electron chi connectivity index (χ3n) is 3.03. The third-order valence-corrected chi connectivity index (χ3v) is 3.03. The van der Waals surface area contributed by atoms with E-state index in [0.717, 1.165) is 11.1 Å². The molecule has 0 aromatic heterocycles. The topological polar surface area (TPSA) is 58.9 Å². The Labute approximate surface area is 118 Å². The first-order valence-corrected chi connectivity index (χ1v) is 6.27. The second-order valence-electron chi connectivity index (χ2n) is 4.57. The van der Waals surface area contributed by atoms with Crippen LogP contribution >= 0.6 is 0 Å². The summed E-state index contributed by atoms with van der Waals surface area (Å²) in [6.45, 7) is 0.900. The van der Waals surface area contributed by atoms with Crippen LogP contribution in [0.5, 0.6) is 11.5 Å². The van der Waals surface area contributed by atoms with Gasteiger partial charge in [0.25, 0.3) is 0 Å². The van der Waals surface area contributed by atoms with Crippen LogP contribution < -0.4 is 0 Å². The van der Waals surface area contributed by atoms with Gasteiger partial charge in [-0.25, -0.2) is 0 Å². The molecule has 0 aliphatic carbocycles. The SMILES string of the molecule is COCc1ccc(O)c(-c2cc(COC)ccc2O)c1. The summed E-state index contributed by atoms with van der Waals surface area (Å²) in [4.78, 5) is 0. The van der Waals surface area contributed by atoms with Gasteiger partial charge >= 0.3 is 0 Å². The molecule has 106 valence electrons. The normalized spacial score (nSPS) is 10.7. The highest BCUT2D eigenvalue weighted by molar-refractivity contribution is 5.76. The maximum Gasteiger partial charge on any atom is 0.123 e. The van der Waals surface area contributed by atoms with E-state index in [4.69, 9.17) is 9.47 Å². The molecule has 0 fully saturated rings. The lowest BCUT2D eigenvalue weighted by molar-refractivity contribution is 0.184. The molecule has 0 amide bonds. The first kappa shape index (κ1) is 14.4. The summed E-state index contributed by atoms with van der Waals surface area (Å²) < 4.78 is 10.2. The number of hydrogen-bond acceptors (Lipinski definition) is 4. The molecule has 2 aromatic carbocycles. The number of hydrogen-bond donors (Lipinski definition) is 2. The van der Waals surface area contributed by atoms with E-state index in [9.17, 15) is 10.2 Å². The Kier molecular flexibility index (Phi) is 4.61. The largest absolute Gasteiger partial charge is 0.507 e. The standard InChI is InChI=1S/C16H18O4/c1-19-9-11-3-5-15(17)13(7-11)14-8-12(10-20-2)4-6-16(14)18/h3-8,17-18H,9-10H2,1-2H3. The van der Waals surface area contributed by atoms with Gasteiger partial charge in [0.15, 0.2) is 0 Å². The maximum absolute atomic E-state index is 10.0. The predicted molar refractivity (Wildman–Crippen MR) is 76.6 cm³/mol. The number of rotatable bonds is 5. The fourth-order valence-electron chi connectivity index (χ4n) is 2.11. The van der Waals surface area contributed by atoms with Crippen molar-refractivity contribution in [1.29, 1.82) is 0 Å². The van der Waals surface area contributed by atoms with E-state index in [2.05, 4.69) is 0 Å². The summed E-state index contributed by atoms with van der Waals surface area (Å²) in [5.74, 6) is 0.240. The first-order valence-electron chi connectivity index (χ1n) is 6.27. The summed E-state index contributed by atoms with van der Waals surface area (Å²) in [5.41, 5.74) is 3.01. The van der Waals surface area contributed by atoms with Crippen LogP contribution in [0.3, 0.4) is 0 Å². The molecule has 20 heavy (non-hydrogen) atoms. The minimum atomic E-state index is 0.120. The van der Waals surface area contributed by atoms with Crippen LogP contribution in [0, 0.1) is 0 Å². The predicted octanol–water partition coefficient (Wildman–Crippen LogP) is 3.06. The molecule has 0 saturated carbocycles. The molecule has 2 rings (SSSR count). The smallest absolute Gasteiger partial charge is 0.123 e. The summed E-state index contributed by atoms with van der Waals surface area (Å²) in [6, 6.07) is 10.4. The molecule has 0 bridgehead atoms. The fourth-order valence-corrected chi connectivity index (χ4v) is 2.11. The Morgan fingerprint density at radius 1 is 0.750 bits per heavy atom. The highest BCUT2D eigenvalue weighted by atomic mass is 16.5. The average molecular weight is 274 g/mol. The Morgan fingerprint density at radius 3 is 1.50 bits per heavy atom. The van der Waals surface area contributed by atoms with Crippen molar-refractivity contribution in [2.75, 3.05) is 14.2 Å². The van der Waals surface area contributed by atoms with Crippen molar-refractivity contribution in [3.8, 4) is 22.6 Å². The number of benzene rings is 2. The Balaban J connectivity index is 2.49. The van der Waals surface area contributed by atoms with Crippen LogP contribution in [0.4, 0.5) is 0 Å². The van der Waals surface area contributed by atoms with Crippen LogP contribution in [-0.4, -0.2) is 24.4 Å². The second kappa shape index (κ2) is 6.41. The molecule has 0 radical (unpaired) electrons. The maximum atomic E-state index is 10.0. The summed E-state index contributed by atoms with van der Waals surface area (Å²) in [5, 5.41) is 20.0. The monoisotopic (exact) mass is 274 g/mol. The Hall–Kier alpha value is -2.04. The number of ether oxygens (including phenoxy) is 2. The quantitative estimate of drug-likeness (QED) is 0.879. The van der Waals surface area contributed by atoms with Gasteiger partial charge in [-0.3, -0.25) is 0 Å². The third kappa shape index (κ3) is 3.10. The number of phenols is 2. The number of phenolic OH excluding ortho intramolecular Hbond substituents is 2. The van der Waals surface area contributed by atoms with Crippen molar-refractivity contribution in [2.24, 2.45) is 0 Å². The van der Waals surface area contributed by atoms with Crippen molar-refractivity contribution >= 4 is 0 Å². The van der Waals surface area contributed by atoms with Crippen LogP contribution in [0.15, 0.2) is 36.4 Å². The molecule has 0 unspecified atom stereocenters. The van der Waals surface area contributed by atoms with E-state index in [1.54, 1.807) is 38.5 Å². The van der Waals surface area contributed by atoms with E-state index < -0.39 is 0 Å². The highest BCUT2D eigenvalue weighted by Crippen LogP contribution is 2.36. The van der Waals surface area contributed by atoms with Crippen molar-refractivity contribution in [2.45, 2.75) is 13.2 Å². The van der Waals surface area contributed by atoms with Crippen LogP contribution in [0.1, 0.15) is 11.1 Å². The zero-order chi connectivity index (χ0) is 14.5. The summed E-state index contributed by atoms with van der Waals surface area (Å²) >= 11 is 0. The number of aromatic hydroxyl groups is 2. The molecule has 2 N–H and O–H groups in total. The van der Waals surface area contributed by atoms with E-state index in [1.165, 1.54) is 0 Å². The molecule has 4 heteroatoms. The molecule has 0 saturated heterocycles. The van der Waals surface area contributed by atoms with Gasteiger partial charge in [0, 0.05) is 25.3 Å². The van der Waals surface area contributed by atoms with Crippen LogP contribution in [0.25, 0.3) is 11.1 Å². The minimum absolute atomic E-state index is 0.120. The van der Waals surface area contributed by atoms with Crippen molar-refractivity contribution in [3.05, 3.63) is 47.5 Å². The molecule has 0 heterocycles. The first-order chi connectivity index (χ1) is 9.65. The average Bonchev–Trinajstić information content (AvgIpc) is 2.44. The van der Waals surface area contributed by atoms with E-state index in [1.807, 2.05) is 12.1 Å². The van der Waals surface area contributed by atoms with Gasteiger partial charge < -0.3 is 19.7 Å². The van der Waals surface area contributed by atoms with Crippen molar-refractivity contribution < 1.29 is 19.7 Å². The molecule has 4 nitrogen and oxygen atoms in total. The molecular weight excluding hydrogens is 256 g/mol. The van der Waals surface area contributed by atoms with Gasteiger partial charge in [0.1, 0.15) is 11.5 Å². The lowest BCUT2D eigenvalue weighted by Crippen LogP contribution is -1.91. The lowest BCUT2D eigenvalue weighted by atomic mass is 9.99. The zero-order valence-corrected chi connectivity index (χ0v) is 11.6. The molecule has 0 aliphatic rings. The molecule has 0 spiro atoms. The van der Waals surface area contributed by atoms with E-state index in [0.29, 0.717) is 24.3 Å². The molecular formula is C16H18O4. The van der Waals surface area contributed by atoms with Crippen molar-refractivity contribution in [1.82, 2.24) is 0 Å². The summed E-state index contributed by atoms with van der Waals surface area (Å²) in [6.07, 6.45) is 0. The van der Waals surface area contributed by atoms with Gasteiger partial charge in [-0.05, 0) is 35.4 Å². The lowest BCUT2D eigenvalue weighted by Gasteiger charge is -2.11. The van der Waals surface area contributed by atoms with Crippen LogP contribution in [0.2, 0.25) is 0 Å². The van der Waals surface area contributed by atoms with Crippen LogP contribution in [-0.2, 0) is 22.7 Å². The second-order valence-corrected chi connectivity index (χ2v) is 4.57. The van der Waals surface area contributed by atoms with E-state index >= 15 is 0 Å². The van der Waals surface area contributed by atoms with Gasteiger partial charge in [0.05, 0.1) is 13.2 Å². The van der Waals surface area contributed by atoms with Gasteiger partial charge in [-0.1, -0.05) is 12.1 Å². The Bertz CT molecular complexity index is 540. The molecule has 0 aliphatic heterocycles. The zero-order valence-electron chi connectivity index (χ0n) is 11.6. The highest BCUT2D eigenvalue weighted by Gasteiger charge is 2.11. The molecule has 0 atom stereocenters. The fraction of sp³-hybridized carbons (Fsp3) is 0.250. The Morgan fingerprint density at radius 2 is 1.15 bits per heavy atom. The van der Waals surface area contributed by atoms with Gasteiger partial charge in [-0.2, -0.15) is 0 Å². The molecule has 2 aromatic rings. The van der Waals surface area contributed by atoms with Gasteiger partial charge in [-0.15, -0.1) is 0 Å². The number of methoxy groups -OCH3 is 2. The van der Waals surface area contributed by atoms with E-state index in [-0.39, 0.29) is 11.5 Å².